The summed E-state index contributed by atoms with van der Waals surface area (Å²) in [5, 5.41) is 0. The highest BCUT2D eigenvalue weighted by molar-refractivity contribution is 5.32. The molecule has 0 saturated carbocycles. The minimum Gasteiger partial charge on any atom is -0.432 e. The lowest BCUT2D eigenvalue weighted by atomic mass is 9.89. The van der Waals surface area contributed by atoms with Gasteiger partial charge in [-0.05, 0) is 36.5 Å². The molecule has 0 aliphatic heterocycles. The minimum absolute atomic E-state index is 0.288. The summed E-state index contributed by atoms with van der Waals surface area (Å²) in [5.74, 6) is -0.801. The van der Waals surface area contributed by atoms with E-state index in [9.17, 15) is 13.2 Å². The fraction of sp³-hybridized carbons (Fsp3) is 0.625. The summed E-state index contributed by atoms with van der Waals surface area (Å²) in [4.78, 5) is 0. The third-order valence-electron chi connectivity index (χ3n) is 3.45. The van der Waals surface area contributed by atoms with E-state index in [1.54, 1.807) is 6.07 Å². The highest BCUT2D eigenvalue weighted by Crippen LogP contribution is 2.31. The molecule has 114 valence electrons. The Hall–Kier alpha value is -1.19. The molecule has 0 bridgehead atoms. The molecule has 0 heterocycles. The zero-order chi connectivity index (χ0) is 15.0. The summed E-state index contributed by atoms with van der Waals surface area (Å²) < 4.78 is 42.2. The highest BCUT2D eigenvalue weighted by atomic mass is 19.3. The maximum atomic E-state index is 13.4. The quantitative estimate of drug-likeness (QED) is 0.550. The number of rotatable bonds is 9. The van der Waals surface area contributed by atoms with E-state index in [1.807, 2.05) is 0 Å². The van der Waals surface area contributed by atoms with Gasteiger partial charge in [0.05, 0.1) is 0 Å². The van der Waals surface area contributed by atoms with E-state index in [-0.39, 0.29) is 11.7 Å². The zero-order valence-corrected chi connectivity index (χ0v) is 12.2. The van der Waals surface area contributed by atoms with Crippen molar-refractivity contribution in [1.29, 1.82) is 0 Å². The molecule has 0 aromatic heterocycles. The Balaban J connectivity index is 2.88. The van der Waals surface area contributed by atoms with Gasteiger partial charge in [0.2, 0.25) is 0 Å². The van der Waals surface area contributed by atoms with Crippen LogP contribution in [0.2, 0.25) is 0 Å². The van der Waals surface area contributed by atoms with Gasteiger partial charge in [-0.25, -0.2) is 4.39 Å². The molecule has 0 aliphatic carbocycles. The summed E-state index contributed by atoms with van der Waals surface area (Å²) in [5.41, 5.74) is 0.893. The van der Waals surface area contributed by atoms with Crippen LogP contribution < -0.4 is 4.74 Å². The molecule has 0 radical (unpaired) electrons. The molecule has 1 nitrogen and oxygen atoms in total. The van der Waals surface area contributed by atoms with Gasteiger partial charge in [-0.3, -0.25) is 0 Å². The van der Waals surface area contributed by atoms with Crippen LogP contribution in [0.5, 0.6) is 5.75 Å². The lowest BCUT2D eigenvalue weighted by Gasteiger charge is -2.18. The van der Waals surface area contributed by atoms with Crippen LogP contribution in [0.15, 0.2) is 18.2 Å². The Bertz CT molecular complexity index is 385. The van der Waals surface area contributed by atoms with E-state index in [0.29, 0.717) is 0 Å². The van der Waals surface area contributed by atoms with Crippen LogP contribution in [0.4, 0.5) is 13.2 Å². The van der Waals surface area contributed by atoms with E-state index < -0.39 is 12.4 Å². The standard InChI is InChI=1S/C16H23F3O/c1-3-5-7-12(8-6-4-2)13-9-10-14(17)15(11-13)20-16(18)19/h9-12,16H,3-8H2,1-2H3. The summed E-state index contributed by atoms with van der Waals surface area (Å²) in [6.07, 6.45) is 6.33. The molecule has 1 rings (SSSR count). The van der Waals surface area contributed by atoms with Gasteiger partial charge in [-0.15, -0.1) is 0 Å². The number of halogens is 3. The number of unbranched alkanes of at least 4 members (excludes halogenated alkanes) is 2. The number of ether oxygens (including phenoxy) is 1. The predicted molar refractivity (Wildman–Crippen MR) is 74.8 cm³/mol. The van der Waals surface area contributed by atoms with Crippen molar-refractivity contribution in [1.82, 2.24) is 0 Å². The molecule has 0 N–H and O–H groups in total. The molecule has 4 heteroatoms. The normalized spacial score (nSPS) is 11.3. The van der Waals surface area contributed by atoms with Gasteiger partial charge >= 0.3 is 6.61 Å². The van der Waals surface area contributed by atoms with E-state index >= 15 is 0 Å². The molecule has 0 spiro atoms. The van der Waals surface area contributed by atoms with E-state index in [0.717, 1.165) is 44.1 Å². The number of benzene rings is 1. The maximum Gasteiger partial charge on any atom is 0.387 e. The highest BCUT2D eigenvalue weighted by Gasteiger charge is 2.16. The minimum atomic E-state index is -3.00. The molecular weight excluding hydrogens is 265 g/mol. The van der Waals surface area contributed by atoms with Crippen LogP contribution >= 0.6 is 0 Å². The molecule has 0 atom stereocenters. The van der Waals surface area contributed by atoms with Crippen LogP contribution in [0.25, 0.3) is 0 Å². The third-order valence-corrected chi connectivity index (χ3v) is 3.45. The number of hydrogen-bond acceptors (Lipinski definition) is 1. The van der Waals surface area contributed by atoms with Gasteiger partial charge in [-0.2, -0.15) is 8.78 Å². The molecule has 20 heavy (non-hydrogen) atoms. The summed E-state index contributed by atoms with van der Waals surface area (Å²) in [6, 6.07) is 4.33. The first-order chi connectivity index (χ1) is 9.58. The lowest BCUT2D eigenvalue weighted by molar-refractivity contribution is -0.0522. The van der Waals surface area contributed by atoms with Crippen LogP contribution in [0.3, 0.4) is 0 Å². The maximum absolute atomic E-state index is 13.4. The summed E-state index contributed by atoms with van der Waals surface area (Å²) in [6.45, 7) is 1.24. The van der Waals surface area contributed by atoms with E-state index in [1.165, 1.54) is 12.1 Å². The summed E-state index contributed by atoms with van der Waals surface area (Å²) >= 11 is 0. The first-order valence-corrected chi connectivity index (χ1v) is 7.32. The second-order valence-corrected chi connectivity index (χ2v) is 5.05. The van der Waals surface area contributed by atoms with Crippen molar-refractivity contribution in [3.63, 3.8) is 0 Å². The van der Waals surface area contributed by atoms with Crippen molar-refractivity contribution in [3.8, 4) is 5.75 Å². The van der Waals surface area contributed by atoms with Crippen molar-refractivity contribution in [2.75, 3.05) is 0 Å². The largest absolute Gasteiger partial charge is 0.432 e. The molecule has 1 aromatic carbocycles. The first-order valence-electron chi connectivity index (χ1n) is 7.32. The van der Waals surface area contributed by atoms with Crippen molar-refractivity contribution in [3.05, 3.63) is 29.6 Å². The van der Waals surface area contributed by atoms with Crippen LogP contribution in [-0.2, 0) is 0 Å². The lowest BCUT2D eigenvalue weighted by Crippen LogP contribution is -2.06. The zero-order valence-electron chi connectivity index (χ0n) is 12.2. The summed E-state index contributed by atoms with van der Waals surface area (Å²) in [7, 11) is 0. The Morgan fingerprint density at radius 2 is 1.65 bits per heavy atom. The predicted octanol–water partition coefficient (Wildman–Crippen LogP) is 5.89. The molecule has 0 aliphatic rings. The molecule has 1 aromatic rings. The Labute approximate surface area is 119 Å². The fourth-order valence-corrected chi connectivity index (χ4v) is 2.34. The van der Waals surface area contributed by atoms with E-state index in [2.05, 4.69) is 18.6 Å². The van der Waals surface area contributed by atoms with Gasteiger partial charge in [0.15, 0.2) is 11.6 Å². The van der Waals surface area contributed by atoms with Crippen molar-refractivity contribution in [2.45, 2.75) is 64.9 Å². The van der Waals surface area contributed by atoms with Gasteiger partial charge in [0, 0.05) is 0 Å². The van der Waals surface area contributed by atoms with E-state index in [4.69, 9.17) is 0 Å². The Morgan fingerprint density at radius 3 is 2.15 bits per heavy atom. The molecular formula is C16H23F3O. The Kier molecular flexibility index (Phi) is 7.48. The topological polar surface area (TPSA) is 9.23 Å². The van der Waals surface area contributed by atoms with Gasteiger partial charge in [0.25, 0.3) is 0 Å². The fourth-order valence-electron chi connectivity index (χ4n) is 2.34. The molecule has 0 fully saturated rings. The SMILES string of the molecule is CCCCC(CCCC)c1ccc(F)c(OC(F)F)c1. The molecule has 0 amide bonds. The van der Waals surface area contributed by atoms with Crippen molar-refractivity contribution < 1.29 is 17.9 Å². The van der Waals surface area contributed by atoms with Crippen LogP contribution in [-0.4, -0.2) is 6.61 Å². The average Bonchev–Trinajstić information content (AvgIpc) is 2.41. The van der Waals surface area contributed by atoms with Crippen molar-refractivity contribution in [2.24, 2.45) is 0 Å². The second-order valence-electron chi connectivity index (χ2n) is 5.05. The van der Waals surface area contributed by atoms with Gasteiger partial charge in [0.1, 0.15) is 0 Å². The van der Waals surface area contributed by atoms with Crippen LogP contribution in [0.1, 0.15) is 63.9 Å². The average molecular weight is 288 g/mol. The number of hydrogen-bond donors (Lipinski definition) is 0. The smallest absolute Gasteiger partial charge is 0.387 e. The molecule has 0 saturated heterocycles. The first kappa shape index (κ1) is 16.9. The number of alkyl halides is 2. The van der Waals surface area contributed by atoms with Gasteiger partial charge < -0.3 is 4.74 Å². The monoisotopic (exact) mass is 288 g/mol. The van der Waals surface area contributed by atoms with Crippen molar-refractivity contribution >= 4 is 0 Å². The second kappa shape index (κ2) is 8.88. The van der Waals surface area contributed by atoms with Crippen LogP contribution in [0, 0.1) is 5.82 Å². The Morgan fingerprint density at radius 1 is 1.05 bits per heavy atom. The molecule has 0 unspecified atom stereocenters. The third kappa shape index (κ3) is 5.43. The van der Waals surface area contributed by atoms with Gasteiger partial charge in [-0.1, -0.05) is 45.6 Å².